The molecule has 186 valence electrons. The number of rotatable bonds is 13. The quantitative estimate of drug-likeness (QED) is 0.465. The van der Waals surface area contributed by atoms with E-state index in [4.69, 9.17) is 0 Å². The SMILES string of the molecule is CCCNC(=O)[C@@H](CC)N(Cc1ccc(C)cc1)C(=O)CCCN(c1ccccc1)S(C)(=O)=O. The minimum absolute atomic E-state index is 0.141. The van der Waals surface area contributed by atoms with Gasteiger partial charge in [0.25, 0.3) is 0 Å². The second-order valence-electron chi connectivity index (χ2n) is 8.50. The van der Waals surface area contributed by atoms with Gasteiger partial charge in [0.05, 0.1) is 11.9 Å². The average Bonchev–Trinajstić information content (AvgIpc) is 2.81. The zero-order chi connectivity index (χ0) is 25.1. The Morgan fingerprint density at radius 3 is 2.21 bits per heavy atom. The van der Waals surface area contributed by atoms with Crippen LogP contribution in [0, 0.1) is 6.92 Å². The molecule has 0 bridgehead atoms. The zero-order valence-corrected chi connectivity index (χ0v) is 21.5. The minimum Gasteiger partial charge on any atom is -0.354 e. The molecule has 0 aliphatic carbocycles. The fourth-order valence-electron chi connectivity index (χ4n) is 3.77. The molecule has 0 unspecified atom stereocenters. The maximum absolute atomic E-state index is 13.3. The van der Waals surface area contributed by atoms with Crippen molar-refractivity contribution in [3.8, 4) is 0 Å². The molecule has 0 saturated carbocycles. The van der Waals surface area contributed by atoms with E-state index in [1.807, 2.05) is 51.1 Å². The Bertz CT molecular complexity index is 1020. The molecule has 0 spiro atoms. The van der Waals surface area contributed by atoms with Crippen LogP contribution in [0.4, 0.5) is 5.69 Å². The van der Waals surface area contributed by atoms with Gasteiger partial charge >= 0.3 is 0 Å². The minimum atomic E-state index is -3.49. The van der Waals surface area contributed by atoms with Crippen LogP contribution in [0.2, 0.25) is 0 Å². The number of hydrogen-bond acceptors (Lipinski definition) is 4. The van der Waals surface area contributed by atoms with E-state index >= 15 is 0 Å². The van der Waals surface area contributed by atoms with Crippen molar-refractivity contribution in [1.82, 2.24) is 10.2 Å². The molecule has 2 rings (SSSR count). The molecule has 0 aliphatic heterocycles. The first-order valence-corrected chi connectivity index (χ1v) is 13.7. The highest BCUT2D eigenvalue weighted by molar-refractivity contribution is 7.92. The van der Waals surface area contributed by atoms with E-state index < -0.39 is 16.1 Å². The number of hydrogen-bond donors (Lipinski definition) is 1. The Hall–Kier alpha value is -2.87. The van der Waals surface area contributed by atoms with Crippen molar-refractivity contribution in [2.75, 3.05) is 23.7 Å². The van der Waals surface area contributed by atoms with Crippen LogP contribution >= 0.6 is 0 Å². The lowest BCUT2D eigenvalue weighted by molar-refractivity contribution is -0.141. The molecule has 0 fully saturated rings. The molecule has 0 radical (unpaired) electrons. The third-order valence-corrected chi connectivity index (χ3v) is 6.80. The van der Waals surface area contributed by atoms with E-state index in [0.717, 1.165) is 23.8 Å². The molecule has 34 heavy (non-hydrogen) atoms. The number of carbonyl (C=O) groups excluding carboxylic acids is 2. The van der Waals surface area contributed by atoms with E-state index in [-0.39, 0.29) is 24.8 Å². The van der Waals surface area contributed by atoms with Gasteiger partial charge in [-0.3, -0.25) is 13.9 Å². The van der Waals surface area contributed by atoms with E-state index in [9.17, 15) is 18.0 Å². The highest BCUT2D eigenvalue weighted by atomic mass is 32.2. The van der Waals surface area contributed by atoms with E-state index in [1.165, 1.54) is 4.31 Å². The van der Waals surface area contributed by atoms with Crippen LogP contribution < -0.4 is 9.62 Å². The molecule has 0 aromatic heterocycles. The van der Waals surface area contributed by atoms with Gasteiger partial charge in [-0.25, -0.2) is 8.42 Å². The Morgan fingerprint density at radius 1 is 1.00 bits per heavy atom. The van der Waals surface area contributed by atoms with Crippen molar-refractivity contribution >= 4 is 27.5 Å². The number of benzene rings is 2. The Balaban J connectivity index is 2.17. The van der Waals surface area contributed by atoms with Crippen molar-refractivity contribution in [1.29, 1.82) is 0 Å². The van der Waals surface area contributed by atoms with Crippen molar-refractivity contribution in [2.45, 2.75) is 59.0 Å². The van der Waals surface area contributed by atoms with Crippen LogP contribution in [0.15, 0.2) is 54.6 Å². The zero-order valence-electron chi connectivity index (χ0n) is 20.7. The Labute approximate surface area is 204 Å². The molecular formula is C26H37N3O4S. The van der Waals surface area contributed by atoms with Gasteiger partial charge in [0.2, 0.25) is 21.8 Å². The van der Waals surface area contributed by atoms with Gasteiger partial charge < -0.3 is 10.2 Å². The predicted octanol–water partition coefficient (Wildman–Crippen LogP) is 3.87. The highest BCUT2D eigenvalue weighted by Crippen LogP contribution is 2.19. The third-order valence-electron chi connectivity index (χ3n) is 5.61. The van der Waals surface area contributed by atoms with E-state index in [2.05, 4.69) is 5.32 Å². The largest absolute Gasteiger partial charge is 0.354 e. The molecule has 0 heterocycles. The summed E-state index contributed by atoms with van der Waals surface area (Å²) in [5, 5.41) is 2.91. The number of carbonyl (C=O) groups is 2. The van der Waals surface area contributed by atoms with E-state index in [0.29, 0.717) is 31.6 Å². The Morgan fingerprint density at radius 2 is 1.65 bits per heavy atom. The first-order valence-electron chi connectivity index (χ1n) is 11.8. The number of para-hydroxylation sites is 1. The van der Waals surface area contributed by atoms with Crippen LogP contribution in [0.1, 0.15) is 50.7 Å². The molecular weight excluding hydrogens is 450 g/mol. The van der Waals surface area contributed by atoms with Crippen molar-refractivity contribution in [3.63, 3.8) is 0 Å². The fraction of sp³-hybridized carbons (Fsp3) is 0.462. The topological polar surface area (TPSA) is 86.8 Å². The maximum atomic E-state index is 13.3. The van der Waals surface area contributed by atoms with Crippen molar-refractivity contribution in [2.24, 2.45) is 0 Å². The lowest BCUT2D eigenvalue weighted by Gasteiger charge is -2.31. The Kier molecular flexibility index (Phi) is 10.6. The summed E-state index contributed by atoms with van der Waals surface area (Å²) < 4.78 is 26.0. The maximum Gasteiger partial charge on any atom is 0.242 e. The molecule has 2 amide bonds. The smallest absolute Gasteiger partial charge is 0.242 e. The van der Waals surface area contributed by atoms with Crippen LogP contribution in [0.5, 0.6) is 0 Å². The van der Waals surface area contributed by atoms with Gasteiger partial charge in [-0.2, -0.15) is 0 Å². The number of anilines is 1. The van der Waals surface area contributed by atoms with Crippen molar-refractivity contribution in [3.05, 3.63) is 65.7 Å². The van der Waals surface area contributed by atoms with Gasteiger partial charge in [0.15, 0.2) is 0 Å². The van der Waals surface area contributed by atoms with Gasteiger partial charge in [0, 0.05) is 26.1 Å². The monoisotopic (exact) mass is 487 g/mol. The van der Waals surface area contributed by atoms with Crippen LogP contribution in [0.25, 0.3) is 0 Å². The summed E-state index contributed by atoms with van der Waals surface area (Å²) in [6.07, 6.45) is 2.96. The third kappa shape index (κ3) is 8.17. The summed E-state index contributed by atoms with van der Waals surface area (Å²) in [5.74, 6) is -0.326. The van der Waals surface area contributed by atoms with Gasteiger partial charge in [-0.15, -0.1) is 0 Å². The number of nitrogens with zero attached hydrogens (tertiary/aromatic N) is 2. The first kappa shape index (κ1) is 27.4. The van der Waals surface area contributed by atoms with Crippen LogP contribution in [-0.2, 0) is 26.2 Å². The summed E-state index contributed by atoms with van der Waals surface area (Å²) >= 11 is 0. The number of nitrogens with one attached hydrogen (secondary N) is 1. The summed E-state index contributed by atoms with van der Waals surface area (Å²) in [5.41, 5.74) is 2.64. The molecule has 0 aliphatic rings. The predicted molar refractivity (Wildman–Crippen MR) is 137 cm³/mol. The molecule has 7 nitrogen and oxygen atoms in total. The van der Waals surface area contributed by atoms with Crippen LogP contribution in [0.3, 0.4) is 0 Å². The number of amides is 2. The average molecular weight is 488 g/mol. The second kappa shape index (κ2) is 13.1. The lowest BCUT2D eigenvalue weighted by atomic mass is 10.1. The van der Waals surface area contributed by atoms with Gasteiger partial charge in [0.1, 0.15) is 6.04 Å². The van der Waals surface area contributed by atoms with Crippen molar-refractivity contribution < 1.29 is 18.0 Å². The first-order chi connectivity index (χ1) is 16.2. The molecule has 1 N–H and O–H groups in total. The van der Waals surface area contributed by atoms with Gasteiger partial charge in [-0.05, 0) is 43.9 Å². The molecule has 8 heteroatoms. The number of sulfonamides is 1. The summed E-state index contributed by atoms with van der Waals surface area (Å²) in [7, 11) is -3.49. The summed E-state index contributed by atoms with van der Waals surface area (Å²) in [4.78, 5) is 27.8. The van der Waals surface area contributed by atoms with E-state index in [1.54, 1.807) is 29.2 Å². The van der Waals surface area contributed by atoms with Crippen LogP contribution in [-0.4, -0.2) is 50.5 Å². The fourth-order valence-corrected chi connectivity index (χ4v) is 4.74. The standard InChI is InChI=1S/C26H37N3O4S/c1-5-18-27-26(31)24(6-2)28(20-22-16-14-21(3)15-17-22)25(30)13-10-19-29(34(4,32)33)23-11-8-7-9-12-23/h7-9,11-12,14-17,24H,5-6,10,13,18-20H2,1-4H3,(H,27,31)/t24-/m1/s1. The molecule has 0 saturated heterocycles. The normalized spacial score (nSPS) is 12.1. The lowest BCUT2D eigenvalue weighted by Crippen LogP contribution is -2.49. The highest BCUT2D eigenvalue weighted by Gasteiger charge is 2.28. The molecule has 1 atom stereocenters. The number of aryl methyl sites for hydroxylation is 1. The summed E-state index contributed by atoms with van der Waals surface area (Å²) in [6, 6.07) is 16.2. The molecule has 2 aromatic rings. The molecule has 2 aromatic carbocycles. The second-order valence-corrected chi connectivity index (χ2v) is 10.4. The summed E-state index contributed by atoms with van der Waals surface area (Å²) in [6.45, 7) is 6.95. The van der Waals surface area contributed by atoms with Gasteiger partial charge in [-0.1, -0.05) is 61.9 Å².